The third-order valence-electron chi connectivity index (χ3n) is 5.64. The van der Waals surface area contributed by atoms with Crippen molar-refractivity contribution in [2.45, 2.75) is 45.5 Å². The molecule has 174 valence electrons. The van der Waals surface area contributed by atoms with Gasteiger partial charge >= 0.3 is 19.2 Å². The zero-order valence-electron chi connectivity index (χ0n) is 18.9. The SMILES string of the molecule is CC1(C)OB(C(=Cc2ccc(Cl)nc2C(=O)O)CNC(=O)OCc2ccccc2)OC1(C)C. The maximum atomic E-state index is 12.3. The molecule has 10 heteroatoms. The lowest BCUT2D eigenvalue weighted by atomic mass is 9.77. The van der Waals surface area contributed by atoms with Crippen molar-refractivity contribution in [3.63, 3.8) is 0 Å². The van der Waals surface area contributed by atoms with Crippen molar-refractivity contribution in [2.75, 3.05) is 6.54 Å². The van der Waals surface area contributed by atoms with E-state index in [0.29, 0.717) is 11.0 Å². The molecule has 0 bridgehead atoms. The van der Waals surface area contributed by atoms with Gasteiger partial charge in [0.1, 0.15) is 11.8 Å². The molecule has 1 fully saturated rings. The van der Waals surface area contributed by atoms with Gasteiger partial charge in [-0.2, -0.15) is 0 Å². The predicted molar refractivity (Wildman–Crippen MR) is 125 cm³/mol. The van der Waals surface area contributed by atoms with Crippen LogP contribution >= 0.6 is 11.6 Å². The lowest BCUT2D eigenvalue weighted by Gasteiger charge is -2.32. The van der Waals surface area contributed by atoms with Gasteiger partial charge in [-0.25, -0.2) is 14.6 Å². The first-order valence-corrected chi connectivity index (χ1v) is 10.8. The van der Waals surface area contributed by atoms with E-state index in [1.165, 1.54) is 12.1 Å². The molecule has 33 heavy (non-hydrogen) atoms. The Morgan fingerprint density at radius 3 is 2.36 bits per heavy atom. The van der Waals surface area contributed by atoms with Crippen molar-refractivity contribution in [1.82, 2.24) is 10.3 Å². The Kier molecular flexibility index (Phi) is 7.46. The summed E-state index contributed by atoms with van der Waals surface area (Å²) in [5.74, 6) is -1.23. The fourth-order valence-electron chi connectivity index (χ4n) is 3.08. The van der Waals surface area contributed by atoms with Crippen LogP contribution in [0.2, 0.25) is 5.15 Å². The fourth-order valence-corrected chi connectivity index (χ4v) is 3.23. The average Bonchev–Trinajstić information content (AvgIpc) is 2.97. The van der Waals surface area contributed by atoms with Gasteiger partial charge in [-0.05, 0) is 50.9 Å². The maximum absolute atomic E-state index is 12.3. The molecule has 1 aliphatic heterocycles. The summed E-state index contributed by atoms with van der Waals surface area (Å²) in [6.07, 6.45) is 0.945. The highest BCUT2D eigenvalue weighted by molar-refractivity contribution is 6.56. The number of carbonyl (C=O) groups excluding carboxylic acids is 1. The van der Waals surface area contributed by atoms with Crippen LogP contribution in [0.3, 0.4) is 0 Å². The molecule has 1 aromatic carbocycles. The molecular formula is C23H26BClN2O6. The Balaban J connectivity index is 1.82. The Labute approximate surface area is 198 Å². The molecule has 0 saturated carbocycles. The number of aromatic carboxylic acids is 1. The number of carboxylic acid groups (broad SMARTS) is 1. The van der Waals surface area contributed by atoms with Crippen LogP contribution in [0, 0.1) is 0 Å². The van der Waals surface area contributed by atoms with E-state index >= 15 is 0 Å². The van der Waals surface area contributed by atoms with Crippen LogP contribution in [0.1, 0.15) is 49.3 Å². The molecule has 3 rings (SSSR count). The normalized spacial score (nSPS) is 17.0. The van der Waals surface area contributed by atoms with Gasteiger partial charge in [0, 0.05) is 12.1 Å². The number of aromatic nitrogens is 1. The van der Waals surface area contributed by atoms with E-state index in [1.54, 1.807) is 6.08 Å². The summed E-state index contributed by atoms with van der Waals surface area (Å²) >= 11 is 5.87. The second kappa shape index (κ2) is 9.95. The second-order valence-corrected chi connectivity index (χ2v) is 8.99. The summed E-state index contributed by atoms with van der Waals surface area (Å²) < 4.78 is 17.5. The Bertz CT molecular complexity index is 1040. The number of halogens is 1. The number of carboxylic acids is 1. The van der Waals surface area contributed by atoms with Crippen molar-refractivity contribution < 1.29 is 28.7 Å². The molecule has 1 saturated heterocycles. The lowest BCUT2D eigenvalue weighted by Crippen LogP contribution is -2.41. The van der Waals surface area contributed by atoms with E-state index in [0.717, 1.165) is 5.56 Å². The largest absolute Gasteiger partial charge is 0.492 e. The van der Waals surface area contributed by atoms with Crippen LogP contribution in [0.15, 0.2) is 47.9 Å². The zero-order chi connectivity index (χ0) is 24.2. The maximum Gasteiger partial charge on any atom is 0.492 e. The topological polar surface area (TPSA) is 107 Å². The fraction of sp³-hybridized carbons (Fsp3) is 0.348. The molecule has 0 radical (unpaired) electrons. The summed E-state index contributed by atoms with van der Waals surface area (Å²) in [7, 11) is -0.818. The number of nitrogens with zero attached hydrogens (tertiary/aromatic N) is 1. The number of ether oxygens (including phenoxy) is 1. The minimum Gasteiger partial charge on any atom is -0.476 e. The summed E-state index contributed by atoms with van der Waals surface area (Å²) in [5, 5.41) is 12.3. The summed E-state index contributed by atoms with van der Waals surface area (Å²) in [6, 6.07) is 12.3. The molecule has 1 aromatic heterocycles. The third kappa shape index (κ3) is 6.13. The quantitative estimate of drug-likeness (QED) is 0.455. The van der Waals surface area contributed by atoms with Gasteiger partial charge < -0.3 is 24.5 Å². The summed E-state index contributed by atoms with van der Waals surface area (Å²) in [5.41, 5.74) is 0.181. The zero-order valence-corrected chi connectivity index (χ0v) is 19.7. The first-order valence-electron chi connectivity index (χ1n) is 10.4. The van der Waals surface area contributed by atoms with E-state index in [2.05, 4.69) is 10.3 Å². The molecule has 0 aliphatic carbocycles. The summed E-state index contributed by atoms with van der Waals surface area (Å²) in [6.45, 7) is 7.73. The molecule has 2 aromatic rings. The van der Waals surface area contributed by atoms with Crippen molar-refractivity contribution in [2.24, 2.45) is 0 Å². The van der Waals surface area contributed by atoms with E-state index in [4.69, 9.17) is 25.6 Å². The van der Waals surface area contributed by atoms with Gasteiger partial charge in [0.25, 0.3) is 0 Å². The molecule has 0 unspecified atom stereocenters. The Hall–Kier alpha value is -2.88. The first kappa shape index (κ1) is 24.8. The minimum absolute atomic E-state index is 0.00609. The Morgan fingerprint density at radius 2 is 1.76 bits per heavy atom. The van der Waals surface area contributed by atoms with Crippen LogP contribution in [0.25, 0.3) is 6.08 Å². The highest BCUT2D eigenvalue weighted by atomic mass is 35.5. The highest BCUT2D eigenvalue weighted by Gasteiger charge is 2.52. The molecule has 0 atom stereocenters. The van der Waals surface area contributed by atoms with Crippen molar-refractivity contribution in [3.8, 4) is 0 Å². The molecule has 2 N–H and O–H groups in total. The number of alkyl carbamates (subject to hydrolysis) is 1. The van der Waals surface area contributed by atoms with Gasteiger partial charge in [0.15, 0.2) is 5.69 Å². The molecule has 0 spiro atoms. The van der Waals surface area contributed by atoms with Crippen LogP contribution in [0.4, 0.5) is 4.79 Å². The van der Waals surface area contributed by atoms with Crippen LogP contribution in [-0.2, 0) is 20.7 Å². The van der Waals surface area contributed by atoms with E-state index in [-0.39, 0.29) is 24.0 Å². The number of hydrogen-bond acceptors (Lipinski definition) is 6. The average molecular weight is 473 g/mol. The number of carbonyl (C=O) groups is 2. The smallest absolute Gasteiger partial charge is 0.476 e. The summed E-state index contributed by atoms with van der Waals surface area (Å²) in [4.78, 5) is 27.9. The van der Waals surface area contributed by atoms with Gasteiger partial charge in [-0.3, -0.25) is 0 Å². The van der Waals surface area contributed by atoms with E-state index < -0.39 is 30.4 Å². The molecule has 8 nitrogen and oxygen atoms in total. The van der Waals surface area contributed by atoms with E-state index in [1.807, 2.05) is 58.0 Å². The minimum atomic E-state index is -1.23. The second-order valence-electron chi connectivity index (χ2n) is 8.60. The van der Waals surface area contributed by atoms with E-state index in [9.17, 15) is 14.7 Å². The first-order chi connectivity index (χ1) is 15.5. The van der Waals surface area contributed by atoms with Gasteiger partial charge in [0.2, 0.25) is 0 Å². The molecule has 2 heterocycles. The van der Waals surface area contributed by atoms with Crippen molar-refractivity contribution in [3.05, 3.63) is 69.9 Å². The Morgan fingerprint density at radius 1 is 1.12 bits per heavy atom. The molecule has 1 aliphatic rings. The van der Waals surface area contributed by atoms with Crippen LogP contribution in [-0.4, -0.2) is 47.0 Å². The monoisotopic (exact) mass is 472 g/mol. The number of benzene rings is 1. The van der Waals surface area contributed by atoms with Gasteiger partial charge in [-0.1, -0.05) is 48.0 Å². The van der Waals surface area contributed by atoms with Gasteiger partial charge in [-0.15, -0.1) is 0 Å². The third-order valence-corrected chi connectivity index (χ3v) is 5.85. The number of hydrogen-bond donors (Lipinski definition) is 2. The number of amides is 1. The number of rotatable bonds is 7. The van der Waals surface area contributed by atoms with Crippen LogP contribution in [0.5, 0.6) is 0 Å². The van der Waals surface area contributed by atoms with Crippen molar-refractivity contribution in [1.29, 1.82) is 0 Å². The van der Waals surface area contributed by atoms with Gasteiger partial charge in [0.05, 0.1) is 11.2 Å². The number of nitrogens with one attached hydrogen (secondary N) is 1. The lowest BCUT2D eigenvalue weighted by molar-refractivity contribution is 0.00578. The standard InChI is InChI=1S/C23H26BClN2O6/c1-22(2)23(3,4)33-24(32-22)17(12-16-10-11-18(25)27-19(16)20(28)29)13-26-21(30)31-14-15-8-6-5-7-9-15/h5-12H,13-14H2,1-4H3,(H,26,30)(H,28,29). The van der Waals surface area contributed by atoms with Crippen LogP contribution < -0.4 is 5.32 Å². The molecule has 1 amide bonds. The predicted octanol–water partition coefficient (Wildman–Crippen LogP) is 4.37. The number of pyridine rings is 1. The molecular weight excluding hydrogens is 447 g/mol. The van der Waals surface area contributed by atoms with Crippen molar-refractivity contribution >= 4 is 36.9 Å². The highest BCUT2D eigenvalue weighted by Crippen LogP contribution is 2.38.